The van der Waals surface area contributed by atoms with Gasteiger partial charge in [-0.25, -0.2) is 4.98 Å². The zero-order valence-electron chi connectivity index (χ0n) is 13.2. The molecule has 7 nitrogen and oxygen atoms in total. The zero-order chi connectivity index (χ0) is 18.2. The molecule has 4 N–H and O–H groups in total. The Balaban J connectivity index is 2.27. The fourth-order valence-corrected chi connectivity index (χ4v) is 3.19. The maximum Gasteiger partial charge on any atom is 0.274 e. The number of ether oxygens (including phenoxy) is 1. The first-order chi connectivity index (χ1) is 12.1. The molecule has 0 saturated carbocycles. The molecule has 1 amide bonds. The van der Waals surface area contributed by atoms with Gasteiger partial charge in [0.2, 0.25) is 0 Å². The summed E-state index contributed by atoms with van der Waals surface area (Å²) in [5.74, 6) is -0.0132. The van der Waals surface area contributed by atoms with Gasteiger partial charge in [0.05, 0.1) is 24.2 Å². The lowest BCUT2D eigenvalue weighted by atomic mass is 10.2. The van der Waals surface area contributed by atoms with Gasteiger partial charge in [0.25, 0.3) is 5.91 Å². The van der Waals surface area contributed by atoms with Crippen molar-refractivity contribution in [3.8, 4) is 11.5 Å². The highest BCUT2D eigenvalue weighted by molar-refractivity contribution is 14.2. The third-order valence-corrected chi connectivity index (χ3v) is 4.30. The van der Waals surface area contributed by atoms with Gasteiger partial charge in [0.15, 0.2) is 0 Å². The number of phenols is 1. The van der Waals surface area contributed by atoms with Gasteiger partial charge in [-0.2, -0.15) is 0 Å². The number of pyridine rings is 1. The summed E-state index contributed by atoms with van der Waals surface area (Å²) in [4.78, 5) is 16.8. The van der Waals surface area contributed by atoms with Gasteiger partial charge < -0.3 is 25.7 Å². The minimum Gasteiger partial charge on any atom is -0.508 e. The Kier molecular flexibility index (Phi) is 7.15. The second-order valence-electron chi connectivity index (χ2n) is 4.71. The van der Waals surface area contributed by atoms with Crippen LogP contribution >= 0.6 is 28.4 Å². The fourth-order valence-electron chi connectivity index (χ4n) is 2.01. The van der Waals surface area contributed by atoms with Crippen LogP contribution in [0, 0.1) is 5.41 Å². The third kappa shape index (κ3) is 5.14. The van der Waals surface area contributed by atoms with E-state index in [2.05, 4.69) is 37.4 Å². The monoisotopic (exact) mass is 470 g/mol. The number of hydrogen-bond acceptors (Lipinski definition) is 6. The van der Waals surface area contributed by atoms with Crippen molar-refractivity contribution in [2.24, 2.45) is 0 Å². The lowest BCUT2D eigenvalue weighted by molar-refractivity contribution is 0.102. The van der Waals surface area contributed by atoms with Crippen molar-refractivity contribution in [3.05, 3.63) is 53.9 Å². The van der Waals surface area contributed by atoms with Gasteiger partial charge in [-0.15, -0.1) is 0 Å². The van der Waals surface area contributed by atoms with Crippen LogP contribution in [0.15, 0.2) is 42.5 Å². The van der Waals surface area contributed by atoms with E-state index in [1.807, 2.05) is 0 Å². The summed E-state index contributed by atoms with van der Waals surface area (Å²) in [6, 6.07) is 9.50. The van der Waals surface area contributed by atoms with Gasteiger partial charge in [0.1, 0.15) is 17.2 Å². The van der Waals surface area contributed by atoms with Gasteiger partial charge in [0, 0.05) is 18.7 Å². The van der Waals surface area contributed by atoms with Crippen molar-refractivity contribution in [3.63, 3.8) is 0 Å². The molecule has 0 aliphatic carbocycles. The molecule has 25 heavy (non-hydrogen) atoms. The Bertz CT molecular complexity index is 814. The van der Waals surface area contributed by atoms with E-state index < -0.39 is 5.91 Å². The van der Waals surface area contributed by atoms with Crippen LogP contribution in [-0.4, -0.2) is 29.3 Å². The van der Waals surface area contributed by atoms with Crippen LogP contribution in [0.25, 0.3) is 5.70 Å². The molecule has 1 aromatic heterocycles. The molecule has 1 atom stereocenters. The van der Waals surface area contributed by atoms with Crippen molar-refractivity contribution in [2.75, 3.05) is 12.4 Å². The molecule has 2 rings (SSSR count). The Morgan fingerprint density at radius 3 is 2.80 bits per heavy atom. The van der Waals surface area contributed by atoms with Crippen LogP contribution in [0.1, 0.15) is 16.2 Å². The molecule has 1 heterocycles. The normalized spacial score (nSPS) is 11.4. The largest absolute Gasteiger partial charge is 0.508 e. The second-order valence-corrected chi connectivity index (χ2v) is 6.77. The predicted molar refractivity (Wildman–Crippen MR) is 109 cm³/mol. The van der Waals surface area contributed by atoms with Crippen LogP contribution in [-0.2, 0) is 0 Å². The van der Waals surface area contributed by atoms with Crippen LogP contribution < -0.4 is 15.1 Å². The quantitative estimate of drug-likeness (QED) is 0.214. The maximum atomic E-state index is 12.5. The number of carbonyl (C=O) groups is 1. The Morgan fingerprint density at radius 2 is 2.12 bits per heavy atom. The van der Waals surface area contributed by atoms with Gasteiger partial charge in [-0.05, 0) is 52.4 Å². The maximum absolute atomic E-state index is 12.5. The topological polar surface area (TPSA) is 107 Å². The summed E-state index contributed by atoms with van der Waals surface area (Å²) in [6.45, 7) is 0. The van der Waals surface area contributed by atoms with E-state index in [1.165, 1.54) is 19.2 Å². The molecule has 0 saturated heterocycles. The number of methoxy groups -OCH3 is 1. The highest BCUT2D eigenvalue weighted by atomic mass is 127. The molecular formula is C16H16IN4O3P. The van der Waals surface area contributed by atoms with E-state index >= 15 is 0 Å². The number of benzene rings is 1. The molecule has 0 bridgehead atoms. The van der Waals surface area contributed by atoms with Crippen molar-refractivity contribution in [1.82, 2.24) is 10.1 Å². The highest BCUT2D eigenvalue weighted by Gasteiger charge is 2.13. The molecule has 0 fully saturated rings. The number of halogens is 1. The summed E-state index contributed by atoms with van der Waals surface area (Å²) in [5, 5.41) is 22.5. The number of allylic oxidation sites excluding steroid dienone is 1. The minimum absolute atomic E-state index is 0.0436. The summed E-state index contributed by atoms with van der Waals surface area (Å²) in [6.07, 6.45) is 3.15. The smallest absolute Gasteiger partial charge is 0.274 e. The lowest BCUT2D eigenvalue weighted by Gasteiger charge is -2.11. The van der Waals surface area contributed by atoms with E-state index in [4.69, 9.17) is 10.1 Å². The molecule has 0 spiro atoms. The number of aromatic hydroxyl groups is 1. The molecule has 9 heteroatoms. The first kappa shape index (κ1) is 19.1. The number of hydrogen-bond donors (Lipinski definition) is 4. The Morgan fingerprint density at radius 1 is 1.36 bits per heavy atom. The van der Waals surface area contributed by atoms with Gasteiger partial charge >= 0.3 is 0 Å². The minimum atomic E-state index is -0.406. The molecular weight excluding hydrogens is 454 g/mol. The number of anilines is 1. The molecule has 0 aliphatic heterocycles. The molecule has 0 radical (unpaired) electrons. The van der Waals surface area contributed by atoms with Crippen LogP contribution in [0.3, 0.4) is 0 Å². The third-order valence-electron chi connectivity index (χ3n) is 3.12. The summed E-state index contributed by atoms with van der Waals surface area (Å²) < 4.78 is 5.15. The van der Waals surface area contributed by atoms with Crippen LogP contribution in [0.4, 0.5) is 5.69 Å². The number of rotatable bonds is 7. The SMILES string of the molecule is COc1cc(O)ccc1NC(=O)c1cccc(/C(=C/C=N)NPI)n1. The Hall–Kier alpha value is -2.19. The number of nitrogens with zero attached hydrogens (tertiary/aromatic N) is 1. The van der Waals surface area contributed by atoms with Crippen LogP contribution in [0.5, 0.6) is 11.5 Å². The fraction of sp³-hybridized carbons (Fsp3) is 0.0625. The van der Waals surface area contributed by atoms with E-state index in [9.17, 15) is 9.90 Å². The average Bonchev–Trinajstić information content (AvgIpc) is 2.63. The molecule has 0 aliphatic rings. The van der Waals surface area contributed by atoms with Gasteiger partial charge in [-0.1, -0.05) is 6.07 Å². The zero-order valence-corrected chi connectivity index (χ0v) is 16.4. The Labute approximate surface area is 159 Å². The molecule has 130 valence electrons. The first-order valence-corrected chi connectivity index (χ1v) is 11.2. The molecule has 1 unspecified atom stereocenters. The summed E-state index contributed by atoms with van der Waals surface area (Å²) in [7, 11) is 1.45. The average molecular weight is 470 g/mol. The number of phenolic OH excluding ortho intramolecular Hbond substituents is 1. The highest BCUT2D eigenvalue weighted by Crippen LogP contribution is 2.28. The summed E-state index contributed by atoms with van der Waals surface area (Å²) in [5.41, 5.74) is 1.89. The number of aromatic nitrogens is 1. The van der Waals surface area contributed by atoms with E-state index in [0.717, 1.165) is 6.21 Å². The van der Waals surface area contributed by atoms with Crippen molar-refractivity contribution < 1.29 is 14.6 Å². The molecule has 1 aromatic carbocycles. The van der Waals surface area contributed by atoms with E-state index in [0.29, 0.717) is 29.2 Å². The van der Waals surface area contributed by atoms with Crippen LogP contribution in [0.2, 0.25) is 0 Å². The first-order valence-electron chi connectivity index (χ1n) is 7.07. The van der Waals surface area contributed by atoms with E-state index in [-0.39, 0.29) is 11.4 Å². The number of nitrogens with one attached hydrogen (secondary N) is 3. The van der Waals surface area contributed by atoms with Crippen molar-refractivity contribution >= 4 is 51.9 Å². The van der Waals surface area contributed by atoms with Crippen molar-refractivity contribution in [1.29, 1.82) is 5.41 Å². The molecule has 2 aromatic rings. The lowest BCUT2D eigenvalue weighted by Crippen LogP contribution is -2.15. The summed E-state index contributed by atoms with van der Waals surface area (Å²) >= 11 is 2.18. The van der Waals surface area contributed by atoms with Gasteiger partial charge in [-0.3, -0.25) is 4.79 Å². The van der Waals surface area contributed by atoms with Crippen molar-refractivity contribution in [2.45, 2.75) is 0 Å². The standard InChI is InChI=1S/C16H16IN4O3P/c1-24-15-9-10(22)5-6-13(15)20-16(23)14-4-2-3-11(19-14)12(7-8-18)21-25-17/h2-9,18,21-22,25H,1H3,(H,20,23)/b12-7-,18-8?. The second kappa shape index (κ2) is 9.33. The number of carbonyl (C=O) groups excluding carboxylic acids is 1. The predicted octanol–water partition coefficient (Wildman–Crippen LogP) is 3.57. The van der Waals surface area contributed by atoms with E-state index in [1.54, 1.807) is 30.3 Å². The number of amides is 1.